The maximum Gasteiger partial charge on any atom is 0.261 e. The molecule has 3 saturated heterocycles. The van der Waals surface area contributed by atoms with Crippen molar-refractivity contribution < 1.29 is 47.4 Å². The fourth-order valence-electron chi connectivity index (χ4n) is 9.92. The highest BCUT2D eigenvalue weighted by Crippen LogP contribution is 2.43. The van der Waals surface area contributed by atoms with Crippen molar-refractivity contribution in [2.24, 2.45) is 5.92 Å². The smallest absolute Gasteiger partial charge is 0.261 e. The summed E-state index contributed by atoms with van der Waals surface area (Å²) in [5, 5.41) is 14.5. The fourth-order valence-corrected chi connectivity index (χ4v) is 14.5. The SMILES string of the molecule is CO[C@H]1O[C@H](COCc2ccccc2)[C@@H](C[C@@H]2O[C@H](CO[Si](c3ccccc3)(c3ccccc3)C(C)(C)C)[C@@H]3OC(C)(C)O[C@@H]3[C@H]2O)[C@H](OCc2ccccc2)[C@H]1OCc1ccccc1. The molecule has 0 amide bonds. The first-order chi connectivity index (χ1) is 31.5. The monoisotopic (exact) mass is 902 g/mol. The van der Waals surface area contributed by atoms with Crippen LogP contribution in [0.4, 0.5) is 0 Å². The third-order valence-electron chi connectivity index (χ3n) is 13.0. The molecule has 5 aromatic carbocycles. The summed E-state index contributed by atoms with van der Waals surface area (Å²) < 4.78 is 61.0. The normalized spacial score (nSPS) is 27.9. The van der Waals surface area contributed by atoms with Gasteiger partial charge in [0.2, 0.25) is 0 Å². The van der Waals surface area contributed by atoms with Crippen LogP contribution in [0.3, 0.4) is 0 Å². The van der Waals surface area contributed by atoms with E-state index in [-0.39, 0.29) is 18.3 Å². The second-order valence-electron chi connectivity index (χ2n) is 18.9. The van der Waals surface area contributed by atoms with Crippen molar-refractivity contribution in [3.8, 4) is 0 Å². The molecule has 0 saturated carbocycles. The van der Waals surface area contributed by atoms with E-state index in [0.29, 0.717) is 26.2 Å². The van der Waals surface area contributed by atoms with Crippen LogP contribution in [0.5, 0.6) is 0 Å². The summed E-state index contributed by atoms with van der Waals surface area (Å²) in [4.78, 5) is 0. The summed E-state index contributed by atoms with van der Waals surface area (Å²) >= 11 is 0. The predicted molar refractivity (Wildman–Crippen MR) is 252 cm³/mol. The Labute approximate surface area is 386 Å². The second kappa shape index (κ2) is 21.3. The number of benzene rings is 5. The van der Waals surface area contributed by atoms with Crippen LogP contribution >= 0.6 is 0 Å². The van der Waals surface area contributed by atoms with E-state index in [9.17, 15) is 5.11 Å². The molecule has 3 heterocycles. The number of rotatable bonds is 18. The lowest BCUT2D eigenvalue weighted by molar-refractivity contribution is -0.311. The standard InChI is InChI=1S/C54H66O10Si/c1-53(2,3)65(41-28-18-10-19-29-41,42-30-20-11-21-31-42)60-37-46-49-50(64-54(4,5)63-49)47(55)44(61-46)32-43-45(36-57-33-38-22-12-7-13-23-38)62-52(56-6)51(59-35-40-26-16-9-17-27-40)48(43)58-34-39-24-14-8-15-25-39/h7-31,43-52,55H,32-37H2,1-6H3/t43-,44+,45-,46-,47+,48+,49+,50-,51-,52+/m1/s1. The first-order valence-corrected chi connectivity index (χ1v) is 24.9. The average molecular weight is 903 g/mol. The molecule has 65 heavy (non-hydrogen) atoms. The molecule has 11 heteroatoms. The van der Waals surface area contributed by atoms with Crippen LogP contribution in [0.25, 0.3) is 0 Å². The number of aliphatic hydroxyl groups excluding tert-OH is 1. The van der Waals surface area contributed by atoms with Crippen LogP contribution in [0.1, 0.15) is 57.7 Å². The number of hydrogen-bond donors (Lipinski definition) is 1. The maximum absolute atomic E-state index is 12.4. The molecule has 0 aliphatic carbocycles. The molecular formula is C54H66O10Si. The molecule has 0 aromatic heterocycles. The predicted octanol–water partition coefficient (Wildman–Crippen LogP) is 7.98. The lowest BCUT2D eigenvalue weighted by Gasteiger charge is -2.49. The molecule has 0 bridgehead atoms. The largest absolute Gasteiger partial charge is 0.405 e. The number of aliphatic hydroxyl groups is 1. The Morgan fingerprint density at radius 2 is 1.05 bits per heavy atom. The molecule has 0 spiro atoms. The first kappa shape index (κ1) is 47.4. The molecule has 3 aliphatic heterocycles. The Morgan fingerprint density at radius 3 is 1.55 bits per heavy atom. The van der Waals surface area contributed by atoms with Gasteiger partial charge in [-0.3, -0.25) is 0 Å². The molecule has 10 nitrogen and oxygen atoms in total. The summed E-state index contributed by atoms with van der Waals surface area (Å²) in [7, 11) is -1.36. The van der Waals surface area contributed by atoms with Gasteiger partial charge in [0.05, 0.1) is 51.3 Å². The van der Waals surface area contributed by atoms with E-state index >= 15 is 0 Å². The molecule has 5 aromatic rings. The molecule has 8 rings (SSSR count). The van der Waals surface area contributed by atoms with Crippen LogP contribution < -0.4 is 10.4 Å². The van der Waals surface area contributed by atoms with Crippen molar-refractivity contribution in [2.45, 2.75) is 127 Å². The van der Waals surface area contributed by atoms with Gasteiger partial charge in [-0.25, -0.2) is 0 Å². The third-order valence-corrected chi connectivity index (χ3v) is 18.0. The van der Waals surface area contributed by atoms with Gasteiger partial charge in [-0.1, -0.05) is 172 Å². The summed E-state index contributed by atoms with van der Waals surface area (Å²) in [6.07, 6.45) is -5.84. The Balaban J connectivity index is 1.14. The molecule has 3 aliphatic rings. The van der Waals surface area contributed by atoms with Crippen LogP contribution in [-0.4, -0.2) is 94.7 Å². The Hall–Kier alpha value is -4.08. The third kappa shape index (κ3) is 11.0. The molecular weight excluding hydrogens is 837 g/mol. The summed E-state index contributed by atoms with van der Waals surface area (Å²) in [5.74, 6) is -1.36. The van der Waals surface area contributed by atoms with E-state index in [0.717, 1.165) is 27.1 Å². The second-order valence-corrected chi connectivity index (χ2v) is 23.2. The van der Waals surface area contributed by atoms with Gasteiger partial charge >= 0.3 is 0 Å². The Kier molecular flexibility index (Phi) is 15.5. The first-order valence-electron chi connectivity index (χ1n) is 23.0. The lowest BCUT2D eigenvalue weighted by atomic mass is 9.81. The fraction of sp³-hybridized carbons (Fsp3) is 0.444. The quantitative estimate of drug-likeness (QED) is 0.0872. The van der Waals surface area contributed by atoms with Crippen molar-refractivity contribution >= 4 is 18.7 Å². The van der Waals surface area contributed by atoms with Crippen molar-refractivity contribution in [3.05, 3.63) is 168 Å². The summed E-state index contributed by atoms with van der Waals surface area (Å²) in [6.45, 7) is 12.0. The minimum absolute atomic E-state index is 0.213. The van der Waals surface area contributed by atoms with Gasteiger partial charge in [0.25, 0.3) is 8.32 Å². The zero-order chi connectivity index (χ0) is 45.4. The van der Waals surface area contributed by atoms with E-state index in [4.69, 9.17) is 42.3 Å². The van der Waals surface area contributed by atoms with Gasteiger partial charge in [0.1, 0.15) is 30.5 Å². The minimum Gasteiger partial charge on any atom is -0.405 e. The minimum atomic E-state index is -2.99. The van der Waals surface area contributed by atoms with E-state index in [1.807, 2.05) is 117 Å². The molecule has 3 fully saturated rings. The number of ether oxygens (including phenoxy) is 8. The molecule has 10 atom stereocenters. The molecule has 1 N–H and O–H groups in total. The van der Waals surface area contributed by atoms with Gasteiger partial charge in [-0.2, -0.15) is 0 Å². The topological polar surface area (TPSA) is 103 Å². The molecule has 0 unspecified atom stereocenters. The van der Waals surface area contributed by atoms with E-state index in [1.165, 1.54) is 0 Å². The number of fused-ring (bicyclic) bond motifs is 1. The van der Waals surface area contributed by atoms with Crippen molar-refractivity contribution in [1.82, 2.24) is 0 Å². The Bertz CT molecular complexity index is 2140. The van der Waals surface area contributed by atoms with Crippen LogP contribution in [0.2, 0.25) is 5.04 Å². The van der Waals surface area contributed by atoms with E-state index in [1.54, 1.807) is 7.11 Å². The van der Waals surface area contributed by atoms with Gasteiger partial charge in [0, 0.05) is 13.0 Å². The zero-order valence-electron chi connectivity index (χ0n) is 38.6. The van der Waals surface area contributed by atoms with Crippen molar-refractivity contribution in [2.75, 3.05) is 20.3 Å². The van der Waals surface area contributed by atoms with Crippen molar-refractivity contribution in [3.63, 3.8) is 0 Å². The number of hydrogen-bond acceptors (Lipinski definition) is 10. The zero-order valence-corrected chi connectivity index (χ0v) is 39.6. The van der Waals surface area contributed by atoms with Gasteiger partial charge in [0.15, 0.2) is 12.1 Å². The summed E-state index contributed by atoms with van der Waals surface area (Å²) in [5.41, 5.74) is 3.07. The number of methoxy groups -OCH3 is 1. The highest BCUT2D eigenvalue weighted by molar-refractivity contribution is 6.99. The van der Waals surface area contributed by atoms with Crippen LogP contribution in [-0.2, 0) is 62.1 Å². The maximum atomic E-state index is 12.4. The average Bonchev–Trinajstić information content (AvgIpc) is 3.66. The molecule has 0 radical (unpaired) electrons. The van der Waals surface area contributed by atoms with E-state index in [2.05, 4.69) is 69.3 Å². The highest BCUT2D eigenvalue weighted by Gasteiger charge is 2.58. The van der Waals surface area contributed by atoms with Gasteiger partial charge in [-0.15, -0.1) is 0 Å². The van der Waals surface area contributed by atoms with Gasteiger partial charge < -0.3 is 47.4 Å². The van der Waals surface area contributed by atoms with Crippen molar-refractivity contribution in [1.29, 1.82) is 0 Å². The van der Waals surface area contributed by atoms with Crippen LogP contribution in [0.15, 0.2) is 152 Å². The van der Waals surface area contributed by atoms with Gasteiger partial charge in [-0.05, 0) is 52.4 Å². The highest BCUT2D eigenvalue weighted by atomic mass is 28.4. The molecule has 346 valence electrons. The lowest BCUT2D eigenvalue weighted by Crippen LogP contribution is -2.68. The Morgan fingerprint density at radius 1 is 0.569 bits per heavy atom. The summed E-state index contributed by atoms with van der Waals surface area (Å²) in [6, 6.07) is 51.4. The van der Waals surface area contributed by atoms with E-state index < -0.39 is 75.1 Å². The van der Waals surface area contributed by atoms with Crippen LogP contribution in [0, 0.1) is 5.92 Å².